The lowest BCUT2D eigenvalue weighted by Crippen LogP contribution is -2.47. The van der Waals surface area contributed by atoms with Crippen molar-refractivity contribution in [1.29, 1.82) is 0 Å². The van der Waals surface area contributed by atoms with E-state index in [0.29, 0.717) is 11.8 Å². The Morgan fingerprint density at radius 3 is 2.81 bits per heavy atom. The van der Waals surface area contributed by atoms with Gasteiger partial charge in [-0.25, -0.2) is 4.79 Å². The monoisotopic (exact) mass is 293 g/mol. The molecule has 1 saturated carbocycles. The molecule has 2 rings (SSSR count). The van der Waals surface area contributed by atoms with Gasteiger partial charge in [0.2, 0.25) is 5.76 Å². The van der Waals surface area contributed by atoms with Crippen LogP contribution >= 0.6 is 0 Å². The lowest BCUT2D eigenvalue weighted by atomic mass is 9.78. The summed E-state index contributed by atoms with van der Waals surface area (Å²) in [5.74, 6) is 0.281. The minimum Gasteiger partial charge on any atom is -0.457 e. The van der Waals surface area contributed by atoms with Crippen molar-refractivity contribution in [1.82, 2.24) is 5.32 Å². The molecule has 1 aromatic heterocycles. The van der Waals surface area contributed by atoms with Crippen LogP contribution in [0, 0.1) is 11.8 Å². The van der Waals surface area contributed by atoms with Gasteiger partial charge >= 0.3 is 5.97 Å². The van der Waals surface area contributed by atoms with Gasteiger partial charge in [-0.3, -0.25) is 4.79 Å². The highest BCUT2D eigenvalue weighted by Crippen LogP contribution is 2.29. The molecule has 0 aromatic carbocycles. The van der Waals surface area contributed by atoms with E-state index in [1.54, 1.807) is 13.0 Å². The predicted molar refractivity (Wildman–Crippen MR) is 77.7 cm³/mol. The largest absolute Gasteiger partial charge is 0.457 e. The van der Waals surface area contributed by atoms with Crippen LogP contribution in [0.1, 0.15) is 50.6 Å². The van der Waals surface area contributed by atoms with Gasteiger partial charge < -0.3 is 14.5 Å². The number of carbonyl (C=O) groups is 2. The summed E-state index contributed by atoms with van der Waals surface area (Å²) in [6.45, 7) is 5.95. The third kappa shape index (κ3) is 3.86. The number of rotatable bonds is 4. The molecule has 5 heteroatoms. The van der Waals surface area contributed by atoms with Gasteiger partial charge in [0, 0.05) is 6.04 Å². The maximum absolute atomic E-state index is 12.1. The molecule has 116 valence electrons. The molecule has 4 atom stereocenters. The van der Waals surface area contributed by atoms with E-state index in [-0.39, 0.29) is 17.7 Å². The highest BCUT2D eigenvalue weighted by molar-refractivity contribution is 5.90. The summed E-state index contributed by atoms with van der Waals surface area (Å²) in [5, 5.41) is 3.00. The minimum atomic E-state index is -0.827. The Morgan fingerprint density at radius 1 is 1.38 bits per heavy atom. The van der Waals surface area contributed by atoms with Crippen molar-refractivity contribution in [2.75, 3.05) is 0 Å². The maximum atomic E-state index is 12.1. The molecule has 1 aliphatic rings. The molecule has 1 aliphatic carbocycles. The van der Waals surface area contributed by atoms with E-state index >= 15 is 0 Å². The second kappa shape index (κ2) is 6.78. The molecule has 0 unspecified atom stereocenters. The summed E-state index contributed by atoms with van der Waals surface area (Å²) in [6.07, 6.45) is 3.88. The van der Waals surface area contributed by atoms with Crippen LogP contribution in [0.15, 0.2) is 22.8 Å². The fourth-order valence-electron chi connectivity index (χ4n) is 2.75. The van der Waals surface area contributed by atoms with Crippen LogP contribution < -0.4 is 5.32 Å². The van der Waals surface area contributed by atoms with Gasteiger partial charge in [0.15, 0.2) is 6.10 Å². The average molecular weight is 293 g/mol. The molecule has 0 bridgehead atoms. The number of hydrogen-bond donors (Lipinski definition) is 1. The van der Waals surface area contributed by atoms with Crippen molar-refractivity contribution in [3.05, 3.63) is 24.2 Å². The number of furan rings is 1. The molecule has 5 nitrogen and oxygen atoms in total. The second-order valence-electron chi connectivity index (χ2n) is 5.91. The highest BCUT2D eigenvalue weighted by atomic mass is 16.6. The van der Waals surface area contributed by atoms with Gasteiger partial charge in [0.25, 0.3) is 5.91 Å². The molecule has 21 heavy (non-hydrogen) atoms. The van der Waals surface area contributed by atoms with E-state index in [9.17, 15) is 9.59 Å². The summed E-state index contributed by atoms with van der Waals surface area (Å²) < 4.78 is 10.1. The maximum Gasteiger partial charge on any atom is 0.374 e. The molecule has 0 radical (unpaired) electrons. The van der Waals surface area contributed by atoms with Crippen LogP contribution in [-0.4, -0.2) is 24.0 Å². The fraction of sp³-hybridized carbons (Fsp3) is 0.625. The quantitative estimate of drug-likeness (QED) is 0.867. The van der Waals surface area contributed by atoms with Gasteiger partial charge in [0.05, 0.1) is 6.26 Å². The third-order valence-electron chi connectivity index (χ3n) is 4.41. The van der Waals surface area contributed by atoms with Crippen molar-refractivity contribution in [3.8, 4) is 0 Å². The Morgan fingerprint density at radius 2 is 2.14 bits per heavy atom. The number of hydrogen-bond acceptors (Lipinski definition) is 4. The molecular weight excluding hydrogens is 270 g/mol. The van der Waals surface area contributed by atoms with Crippen molar-refractivity contribution < 1.29 is 18.7 Å². The van der Waals surface area contributed by atoms with Crippen LogP contribution in [0.3, 0.4) is 0 Å². The average Bonchev–Trinajstić information content (AvgIpc) is 2.98. The lowest BCUT2D eigenvalue weighted by Gasteiger charge is -2.35. The van der Waals surface area contributed by atoms with E-state index in [1.807, 2.05) is 0 Å². The minimum absolute atomic E-state index is 0.106. The number of ether oxygens (including phenoxy) is 1. The Balaban J connectivity index is 1.86. The Hall–Kier alpha value is -1.78. The molecule has 1 fully saturated rings. The van der Waals surface area contributed by atoms with Crippen LogP contribution in [0.4, 0.5) is 0 Å². The first-order valence-corrected chi connectivity index (χ1v) is 7.54. The topological polar surface area (TPSA) is 68.5 Å². The molecule has 1 aromatic rings. The number of amides is 1. The number of esters is 1. The Labute approximate surface area is 125 Å². The second-order valence-corrected chi connectivity index (χ2v) is 5.91. The zero-order valence-corrected chi connectivity index (χ0v) is 12.8. The predicted octanol–water partition coefficient (Wildman–Crippen LogP) is 2.77. The van der Waals surface area contributed by atoms with Crippen LogP contribution in [-0.2, 0) is 9.53 Å². The van der Waals surface area contributed by atoms with E-state index < -0.39 is 12.1 Å². The fourth-order valence-corrected chi connectivity index (χ4v) is 2.75. The lowest BCUT2D eigenvalue weighted by molar-refractivity contribution is -0.130. The summed E-state index contributed by atoms with van der Waals surface area (Å²) in [5.41, 5.74) is 0. The van der Waals surface area contributed by atoms with E-state index in [2.05, 4.69) is 19.2 Å². The number of nitrogens with one attached hydrogen (secondary N) is 1. The molecule has 0 spiro atoms. The first-order chi connectivity index (χ1) is 9.99. The molecule has 1 N–H and O–H groups in total. The van der Waals surface area contributed by atoms with Gasteiger partial charge in [-0.1, -0.05) is 26.7 Å². The van der Waals surface area contributed by atoms with Crippen LogP contribution in [0.5, 0.6) is 0 Å². The zero-order valence-electron chi connectivity index (χ0n) is 12.8. The SMILES string of the molecule is C[C@@H]1[C@H](C)CCC[C@@H]1NC(=O)[C@@H](C)OC(=O)c1ccco1. The standard InChI is InChI=1S/C16H23NO4/c1-10-6-4-7-13(11(10)2)17-15(18)12(3)21-16(19)14-8-5-9-20-14/h5,8-13H,4,6-7H2,1-3H3,(H,17,18)/t10-,11-,12-,13+/m1/s1. The molecule has 1 heterocycles. The first-order valence-electron chi connectivity index (χ1n) is 7.54. The molecule has 0 saturated heterocycles. The zero-order chi connectivity index (χ0) is 15.4. The summed E-state index contributed by atoms with van der Waals surface area (Å²) in [7, 11) is 0. The van der Waals surface area contributed by atoms with Crippen LogP contribution in [0.2, 0.25) is 0 Å². The van der Waals surface area contributed by atoms with Crippen molar-refractivity contribution in [2.24, 2.45) is 11.8 Å². The Kier molecular flexibility index (Phi) is 5.04. The molecule has 1 amide bonds. The summed E-state index contributed by atoms with van der Waals surface area (Å²) in [4.78, 5) is 23.9. The van der Waals surface area contributed by atoms with Crippen LogP contribution in [0.25, 0.3) is 0 Å². The van der Waals surface area contributed by atoms with Gasteiger partial charge in [-0.15, -0.1) is 0 Å². The van der Waals surface area contributed by atoms with Gasteiger partial charge in [-0.05, 0) is 37.3 Å². The van der Waals surface area contributed by atoms with Gasteiger partial charge in [-0.2, -0.15) is 0 Å². The normalized spacial score (nSPS) is 26.9. The smallest absolute Gasteiger partial charge is 0.374 e. The van der Waals surface area contributed by atoms with E-state index in [0.717, 1.165) is 12.8 Å². The first kappa shape index (κ1) is 15.6. The Bertz CT molecular complexity index is 482. The highest BCUT2D eigenvalue weighted by Gasteiger charge is 2.30. The van der Waals surface area contributed by atoms with Gasteiger partial charge in [0.1, 0.15) is 0 Å². The molecular formula is C16H23NO4. The summed E-state index contributed by atoms with van der Waals surface area (Å²) in [6, 6.07) is 3.27. The molecule has 0 aliphatic heterocycles. The third-order valence-corrected chi connectivity index (χ3v) is 4.41. The number of carbonyl (C=O) groups excluding carboxylic acids is 2. The van der Waals surface area contributed by atoms with Crippen molar-refractivity contribution >= 4 is 11.9 Å². The summed E-state index contributed by atoms with van der Waals surface area (Å²) >= 11 is 0. The van der Waals surface area contributed by atoms with E-state index in [4.69, 9.17) is 9.15 Å². The van der Waals surface area contributed by atoms with E-state index in [1.165, 1.54) is 18.8 Å². The van der Waals surface area contributed by atoms with Crippen molar-refractivity contribution in [3.63, 3.8) is 0 Å². The van der Waals surface area contributed by atoms with Crippen molar-refractivity contribution in [2.45, 2.75) is 52.2 Å².